The lowest BCUT2D eigenvalue weighted by atomic mass is 9.88. The van der Waals surface area contributed by atoms with Crippen molar-refractivity contribution in [2.24, 2.45) is 11.8 Å². The van der Waals surface area contributed by atoms with E-state index in [1.807, 2.05) is 6.92 Å². The summed E-state index contributed by atoms with van der Waals surface area (Å²) in [6.07, 6.45) is 16.3. The number of unbranched alkanes of at least 4 members (excludes halogenated alkanes) is 3. The van der Waals surface area contributed by atoms with Crippen LogP contribution in [0.1, 0.15) is 125 Å². The van der Waals surface area contributed by atoms with Gasteiger partial charge in [0.25, 0.3) is 0 Å². The van der Waals surface area contributed by atoms with Crippen molar-refractivity contribution in [2.45, 2.75) is 167 Å². The number of alkyl halides is 1. The summed E-state index contributed by atoms with van der Waals surface area (Å²) in [7, 11) is -1.80. The van der Waals surface area contributed by atoms with E-state index in [2.05, 4.69) is 46.9 Å². The molecular formula is C34H61ClO6Si. The maximum atomic E-state index is 12.9. The minimum Gasteiger partial charge on any atom is -0.466 e. The number of ketones is 1. The van der Waals surface area contributed by atoms with Crippen LogP contribution in [0, 0.1) is 11.8 Å². The third-order valence-corrected chi connectivity index (χ3v) is 14.4. The van der Waals surface area contributed by atoms with Gasteiger partial charge in [0, 0.05) is 36.8 Å². The molecular weight excluding hydrogens is 568 g/mol. The van der Waals surface area contributed by atoms with E-state index in [-0.39, 0.29) is 52.5 Å². The van der Waals surface area contributed by atoms with Gasteiger partial charge < -0.3 is 18.6 Å². The molecule has 0 radical (unpaired) electrons. The van der Waals surface area contributed by atoms with Crippen molar-refractivity contribution < 1.29 is 28.2 Å². The number of hydrogen-bond donors (Lipinski definition) is 0. The molecule has 0 aromatic rings. The van der Waals surface area contributed by atoms with E-state index >= 15 is 0 Å². The molecule has 2 aliphatic rings. The highest BCUT2D eigenvalue weighted by Crippen LogP contribution is 2.43. The predicted molar refractivity (Wildman–Crippen MR) is 174 cm³/mol. The van der Waals surface area contributed by atoms with Gasteiger partial charge in [-0.1, -0.05) is 53.0 Å². The van der Waals surface area contributed by atoms with Crippen LogP contribution in [0.25, 0.3) is 0 Å². The summed E-state index contributed by atoms with van der Waals surface area (Å²) >= 11 is 6.92. The van der Waals surface area contributed by atoms with Gasteiger partial charge in [-0.05, 0) is 94.8 Å². The summed E-state index contributed by atoms with van der Waals surface area (Å²) in [6.45, 7) is 16.7. The zero-order valence-corrected chi connectivity index (χ0v) is 29.5. The number of hydrogen-bond acceptors (Lipinski definition) is 6. The number of ether oxygens (including phenoxy) is 3. The Kier molecular flexibility index (Phi) is 16.9. The topological polar surface area (TPSA) is 71.1 Å². The first-order chi connectivity index (χ1) is 19.8. The van der Waals surface area contributed by atoms with E-state index in [0.29, 0.717) is 19.4 Å². The van der Waals surface area contributed by atoms with Gasteiger partial charge in [0.1, 0.15) is 0 Å². The van der Waals surface area contributed by atoms with E-state index < -0.39 is 8.32 Å². The van der Waals surface area contributed by atoms with Crippen molar-refractivity contribution in [3.05, 3.63) is 12.2 Å². The summed E-state index contributed by atoms with van der Waals surface area (Å²) in [6, 6.07) is 0. The van der Waals surface area contributed by atoms with Crippen LogP contribution in [0.4, 0.5) is 0 Å². The van der Waals surface area contributed by atoms with Crippen molar-refractivity contribution in [1.82, 2.24) is 0 Å². The average molecular weight is 629 g/mol. The molecule has 0 aromatic heterocycles. The Morgan fingerprint density at radius 2 is 1.81 bits per heavy atom. The minimum absolute atomic E-state index is 0.0145. The van der Waals surface area contributed by atoms with Gasteiger partial charge in [0.2, 0.25) is 0 Å². The molecule has 1 unspecified atom stereocenters. The van der Waals surface area contributed by atoms with Gasteiger partial charge in [-0.2, -0.15) is 0 Å². The second-order valence-corrected chi connectivity index (χ2v) is 19.4. The Bertz CT molecular complexity index is 819. The maximum absolute atomic E-state index is 12.9. The number of carbonyl (C=O) groups excluding carboxylic acids is 2. The first-order valence-electron chi connectivity index (χ1n) is 16.8. The normalized spacial score (nSPS) is 26.0. The summed E-state index contributed by atoms with van der Waals surface area (Å²) < 4.78 is 24.0. The highest BCUT2D eigenvalue weighted by molar-refractivity contribution is 6.74. The van der Waals surface area contributed by atoms with Crippen LogP contribution in [-0.4, -0.2) is 57.2 Å². The Morgan fingerprint density at radius 1 is 1.07 bits per heavy atom. The molecule has 0 aromatic carbocycles. The molecule has 1 saturated carbocycles. The third kappa shape index (κ3) is 13.5. The van der Waals surface area contributed by atoms with E-state index in [1.54, 1.807) is 6.08 Å². The molecule has 0 spiro atoms. The number of rotatable bonds is 19. The number of esters is 1. The lowest BCUT2D eigenvalue weighted by Crippen LogP contribution is -2.43. The van der Waals surface area contributed by atoms with E-state index in [4.69, 9.17) is 30.2 Å². The van der Waals surface area contributed by atoms with Crippen LogP contribution in [0.15, 0.2) is 12.2 Å². The molecule has 0 N–H and O–H groups in total. The van der Waals surface area contributed by atoms with Crippen molar-refractivity contribution in [2.75, 3.05) is 13.2 Å². The first-order valence-corrected chi connectivity index (χ1v) is 20.1. The van der Waals surface area contributed by atoms with Crippen molar-refractivity contribution in [1.29, 1.82) is 0 Å². The van der Waals surface area contributed by atoms with Crippen LogP contribution in [0.3, 0.4) is 0 Å². The fourth-order valence-corrected chi connectivity index (χ4v) is 7.71. The lowest BCUT2D eigenvalue weighted by Gasteiger charge is -2.38. The van der Waals surface area contributed by atoms with Crippen molar-refractivity contribution >= 4 is 31.7 Å². The summed E-state index contributed by atoms with van der Waals surface area (Å²) in [5, 5.41) is 0.197. The fourth-order valence-electron chi connectivity index (χ4n) is 5.77. The van der Waals surface area contributed by atoms with Gasteiger partial charge >= 0.3 is 5.97 Å². The third-order valence-electron chi connectivity index (χ3n) is 9.29. The second-order valence-electron chi connectivity index (χ2n) is 14.0. The molecule has 1 saturated heterocycles. The number of carbonyl (C=O) groups is 2. The molecule has 42 heavy (non-hydrogen) atoms. The predicted octanol–water partition coefficient (Wildman–Crippen LogP) is 9.14. The Morgan fingerprint density at radius 3 is 2.48 bits per heavy atom. The Labute approximate surface area is 263 Å². The molecule has 8 heteroatoms. The molecule has 1 aliphatic carbocycles. The largest absolute Gasteiger partial charge is 0.466 e. The molecule has 1 heterocycles. The van der Waals surface area contributed by atoms with Crippen LogP contribution in [-0.2, 0) is 28.2 Å². The zero-order chi connectivity index (χ0) is 31.2. The lowest BCUT2D eigenvalue weighted by molar-refractivity contribution is -0.192. The molecule has 0 amide bonds. The molecule has 1 aliphatic heterocycles. The summed E-state index contributed by atoms with van der Waals surface area (Å²) in [5.74, 6) is 0.434. The van der Waals surface area contributed by atoms with Crippen LogP contribution < -0.4 is 0 Å². The van der Waals surface area contributed by atoms with E-state index in [9.17, 15) is 9.59 Å². The van der Waals surface area contributed by atoms with Crippen molar-refractivity contribution in [3.8, 4) is 0 Å². The summed E-state index contributed by atoms with van der Waals surface area (Å²) in [4.78, 5) is 24.7. The second kappa shape index (κ2) is 18.9. The van der Waals surface area contributed by atoms with Crippen LogP contribution in [0.2, 0.25) is 18.1 Å². The molecule has 6 atom stereocenters. The van der Waals surface area contributed by atoms with Gasteiger partial charge in [0.15, 0.2) is 20.4 Å². The van der Waals surface area contributed by atoms with Gasteiger partial charge in [-0.3, -0.25) is 9.59 Å². The monoisotopic (exact) mass is 628 g/mol. The first kappa shape index (κ1) is 37.5. The standard InChI is InChI=1S/C34H61ClO6Si/c1-8-23-38-32(37)19-12-10-9-11-18-28-29(31(25-30(28)35)40-33-20-13-14-24-39-33)22-21-27(36)17-15-16-26(2)41-42(6,7)34(3,4)5/h21-22,26,28-31,33H,8-20,23-25H2,1-7H3/t26-,28-,29-,30-,31-,33?/m1/s1. The van der Waals surface area contributed by atoms with Crippen LogP contribution in [0.5, 0.6) is 0 Å². The fraction of sp³-hybridized carbons (Fsp3) is 0.882. The SMILES string of the molecule is CCCOC(=O)CCCCCC[C@@H]1[C@@H](C=CC(=O)CCC[C@@H](C)O[Si](C)(C)C(C)(C)C)[C@H](OC2CCCCO2)C[C@H]1Cl. The number of allylic oxidation sites excluding steroid dienone is 1. The maximum Gasteiger partial charge on any atom is 0.305 e. The molecule has 6 nitrogen and oxygen atoms in total. The quantitative estimate of drug-likeness (QED) is 0.0467. The highest BCUT2D eigenvalue weighted by Gasteiger charge is 2.42. The van der Waals surface area contributed by atoms with E-state index in [1.165, 1.54) is 0 Å². The van der Waals surface area contributed by atoms with E-state index in [0.717, 1.165) is 83.7 Å². The average Bonchev–Trinajstić information content (AvgIpc) is 3.21. The Hall–Kier alpha value is -0.733. The molecule has 0 bridgehead atoms. The Balaban J connectivity index is 1.88. The molecule has 2 rings (SSSR count). The van der Waals surface area contributed by atoms with Crippen molar-refractivity contribution in [3.63, 3.8) is 0 Å². The van der Waals surface area contributed by atoms with Gasteiger partial charge in [-0.15, -0.1) is 11.6 Å². The smallest absolute Gasteiger partial charge is 0.305 e. The zero-order valence-electron chi connectivity index (χ0n) is 27.8. The minimum atomic E-state index is -1.80. The van der Waals surface area contributed by atoms with Gasteiger partial charge in [-0.25, -0.2) is 0 Å². The van der Waals surface area contributed by atoms with Gasteiger partial charge in [0.05, 0.1) is 12.7 Å². The molecule has 244 valence electrons. The summed E-state index contributed by atoms with van der Waals surface area (Å²) in [5.41, 5.74) is 0. The van der Waals surface area contributed by atoms with Crippen LogP contribution >= 0.6 is 11.6 Å². The molecule has 2 fully saturated rings. The number of halogens is 1. The highest BCUT2D eigenvalue weighted by atomic mass is 35.5.